The van der Waals surface area contributed by atoms with Gasteiger partial charge in [0.05, 0.1) is 40.3 Å². The van der Waals surface area contributed by atoms with Crippen LogP contribution in [0.2, 0.25) is 0 Å². The zero-order valence-electron chi connectivity index (χ0n) is 10.1. The molecule has 1 aliphatic heterocycles. The lowest BCUT2D eigenvalue weighted by atomic mass is 10.3. The van der Waals surface area contributed by atoms with Gasteiger partial charge in [0.25, 0.3) is 0 Å². The Labute approximate surface area is 95.5 Å². The number of carbonyl (C=O) groups is 2. The van der Waals surface area contributed by atoms with Crippen molar-refractivity contribution in [1.82, 2.24) is 10.2 Å². The van der Waals surface area contributed by atoms with Gasteiger partial charge in [0, 0.05) is 0 Å². The Hall–Kier alpha value is -1.30. The summed E-state index contributed by atoms with van der Waals surface area (Å²) in [4.78, 5) is 26.0. The molecule has 1 atom stereocenters. The van der Waals surface area contributed by atoms with Crippen molar-refractivity contribution in [2.45, 2.75) is 13.0 Å². The predicted molar refractivity (Wildman–Crippen MR) is 58.2 cm³/mol. The number of piperazine rings is 1. The molecule has 0 bridgehead atoms. The zero-order chi connectivity index (χ0) is 12.1. The third-order valence-electron chi connectivity index (χ3n) is 2.80. The normalized spacial score (nSPS) is 19.1. The van der Waals surface area contributed by atoms with Crippen molar-refractivity contribution in [2.24, 2.45) is 0 Å². The number of rotatable bonds is 2. The van der Waals surface area contributed by atoms with E-state index in [0.717, 1.165) is 26.2 Å². The van der Waals surface area contributed by atoms with Crippen LogP contribution in [0.5, 0.6) is 0 Å². The molecule has 0 unspecified atom stereocenters. The molecule has 2 amide bonds. The highest BCUT2D eigenvalue weighted by molar-refractivity contribution is 5.83. The van der Waals surface area contributed by atoms with Gasteiger partial charge in [-0.2, -0.15) is 0 Å². The number of esters is 1. The molecule has 1 saturated heterocycles. The molecular formula is C10H20N3O3+. The topological polar surface area (TPSA) is 63.1 Å². The standard InChI is InChI=1S/C10H19N3O3/c1-8(9(14)16-3)11-10(15)13-6-4-12(2)5-7-13/h8H,4-7H2,1-3H3,(H,11,15)/p+1/t8-/m0/s1. The Morgan fingerprint density at radius 1 is 1.38 bits per heavy atom. The number of carbonyl (C=O) groups excluding carboxylic acids is 2. The van der Waals surface area contributed by atoms with Crippen molar-refractivity contribution in [3.8, 4) is 0 Å². The van der Waals surface area contributed by atoms with Crippen LogP contribution in [0.4, 0.5) is 4.79 Å². The molecule has 1 fully saturated rings. The highest BCUT2D eigenvalue weighted by Crippen LogP contribution is 1.93. The molecule has 0 saturated carbocycles. The van der Waals surface area contributed by atoms with Crippen LogP contribution in [0, 0.1) is 0 Å². The quantitative estimate of drug-likeness (QED) is 0.544. The van der Waals surface area contributed by atoms with Gasteiger partial charge in [0.2, 0.25) is 0 Å². The molecule has 0 aromatic heterocycles. The Morgan fingerprint density at radius 2 is 1.94 bits per heavy atom. The molecule has 0 aromatic carbocycles. The van der Waals surface area contributed by atoms with Crippen LogP contribution in [0.1, 0.15) is 6.92 Å². The largest absolute Gasteiger partial charge is 0.467 e. The molecule has 1 heterocycles. The maximum Gasteiger partial charge on any atom is 0.328 e. The lowest BCUT2D eigenvalue weighted by Gasteiger charge is -2.30. The molecule has 1 aliphatic rings. The average molecular weight is 230 g/mol. The SMILES string of the molecule is COC(=O)[C@H](C)NC(=O)N1CC[NH+](C)CC1. The van der Waals surface area contributed by atoms with Crippen LogP contribution in [0.25, 0.3) is 0 Å². The van der Waals surface area contributed by atoms with Gasteiger partial charge in [-0.25, -0.2) is 9.59 Å². The third-order valence-corrected chi connectivity index (χ3v) is 2.80. The van der Waals surface area contributed by atoms with Gasteiger partial charge in [0.15, 0.2) is 0 Å². The van der Waals surface area contributed by atoms with E-state index in [0.29, 0.717) is 0 Å². The Morgan fingerprint density at radius 3 is 2.44 bits per heavy atom. The van der Waals surface area contributed by atoms with E-state index < -0.39 is 12.0 Å². The van der Waals surface area contributed by atoms with Crippen molar-refractivity contribution < 1.29 is 19.2 Å². The first kappa shape index (κ1) is 12.8. The number of hydrogen-bond acceptors (Lipinski definition) is 3. The average Bonchev–Trinajstić information content (AvgIpc) is 2.28. The first-order valence-corrected chi connectivity index (χ1v) is 5.49. The van der Waals surface area contributed by atoms with Crippen LogP contribution >= 0.6 is 0 Å². The van der Waals surface area contributed by atoms with E-state index in [1.54, 1.807) is 11.8 Å². The molecule has 1 rings (SSSR count). The first-order valence-electron chi connectivity index (χ1n) is 5.49. The van der Waals surface area contributed by atoms with Gasteiger partial charge < -0.3 is 19.9 Å². The van der Waals surface area contributed by atoms with Crippen molar-refractivity contribution >= 4 is 12.0 Å². The first-order chi connectivity index (χ1) is 7.54. The summed E-state index contributed by atoms with van der Waals surface area (Å²) in [5.74, 6) is -0.423. The summed E-state index contributed by atoms with van der Waals surface area (Å²) in [6, 6.07) is -0.782. The Balaban J connectivity index is 2.37. The lowest BCUT2D eigenvalue weighted by Crippen LogP contribution is -3.12. The summed E-state index contributed by atoms with van der Waals surface area (Å²) in [6.07, 6.45) is 0. The molecule has 0 aromatic rings. The molecule has 16 heavy (non-hydrogen) atoms. The van der Waals surface area contributed by atoms with Crippen molar-refractivity contribution in [3.05, 3.63) is 0 Å². The summed E-state index contributed by atoms with van der Waals surface area (Å²) >= 11 is 0. The maximum absolute atomic E-state index is 11.7. The fourth-order valence-corrected chi connectivity index (χ4v) is 1.60. The maximum atomic E-state index is 11.7. The van der Waals surface area contributed by atoms with E-state index >= 15 is 0 Å². The fourth-order valence-electron chi connectivity index (χ4n) is 1.60. The van der Waals surface area contributed by atoms with E-state index in [1.807, 2.05) is 0 Å². The van der Waals surface area contributed by atoms with Crippen LogP contribution < -0.4 is 10.2 Å². The summed E-state index contributed by atoms with van der Waals surface area (Å²) < 4.78 is 4.54. The molecule has 6 heteroatoms. The van der Waals surface area contributed by atoms with Gasteiger partial charge in [-0.15, -0.1) is 0 Å². The monoisotopic (exact) mass is 230 g/mol. The number of nitrogens with one attached hydrogen (secondary N) is 2. The summed E-state index contributed by atoms with van der Waals surface area (Å²) in [5.41, 5.74) is 0. The van der Waals surface area contributed by atoms with Crippen LogP contribution in [-0.4, -0.2) is 63.3 Å². The van der Waals surface area contributed by atoms with E-state index in [1.165, 1.54) is 12.0 Å². The summed E-state index contributed by atoms with van der Waals surface area (Å²) in [6.45, 7) is 4.96. The predicted octanol–water partition coefficient (Wildman–Crippen LogP) is -1.91. The number of methoxy groups -OCH3 is 1. The second kappa shape index (κ2) is 5.69. The molecule has 0 spiro atoms. The van der Waals surface area contributed by atoms with Crippen LogP contribution in [0.3, 0.4) is 0 Å². The van der Waals surface area contributed by atoms with Crippen molar-refractivity contribution in [2.75, 3.05) is 40.3 Å². The summed E-state index contributed by atoms with van der Waals surface area (Å²) in [7, 11) is 3.41. The molecule has 2 N–H and O–H groups in total. The number of urea groups is 1. The zero-order valence-corrected chi connectivity index (χ0v) is 10.1. The van der Waals surface area contributed by atoms with Gasteiger partial charge in [-0.3, -0.25) is 0 Å². The molecule has 0 radical (unpaired) electrons. The second-order valence-corrected chi connectivity index (χ2v) is 4.14. The van der Waals surface area contributed by atoms with Gasteiger partial charge in [-0.1, -0.05) is 0 Å². The number of likely N-dealkylation sites (N-methyl/N-ethyl adjacent to an activating group) is 1. The van der Waals surface area contributed by atoms with E-state index in [9.17, 15) is 9.59 Å². The van der Waals surface area contributed by atoms with E-state index in [2.05, 4.69) is 17.1 Å². The van der Waals surface area contributed by atoms with Gasteiger partial charge in [-0.05, 0) is 6.92 Å². The Bertz CT molecular complexity index is 262. The van der Waals surface area contributed by atoms with Crippen molar-refractivity contribution in [3.63, 3.8) is 0 Å². The van der Waals surface area contributed by atoms with Gasteiger partial charge >= 0.3 is 12.0 Å². The lowest BCUT2D eigenvalue weighted by molar-refractivity contribution is -0.883. The van der Waals surface area contributed by atoms with Crippen LogP contribution in [-0.2, 0) is 9.53 Å². The smallest absolute Gasteiger partial charge is 0.328 e. The van der Waals surface area contributed by atoms with E-state index in [4.69, 9.17) is 0 Å². The second-order valence-electron chi connectivity index (χ2n) is 4.14. The van der Waals surface area contributed by atoms with E-state index in [-0.39, 0.29) is 6.03 Å². The number of amides is 2. The minimum absolute atomic E-state index is 0.189. The number of hydrogen-bond donors (Lipinski definition) is 2. The minimum atomic E-state index is -0.593. The minimum Gasteiger partial charge on any atom is -0.467 e. The number of quaternary nitrogens is 1. The summed E-state index contributed by atoms with van der Waals surface area (Å²) in [5, 5.41) is 2.62. The molecular weight excluding hydrogens is 210 g/mol. The molecule has 6 nitrogen and oxygen atoms in total. The third kappa shape index (κ3) is 3.37. The highest BCUT2D eigenvalue weighted by atomic mass is 16.5. The van der Waals surface area contributed by atoms with Gasteiger partial charge in [0.1, 0.15) is 6.04 Å². The van der Waals surface area contributed by atoms with Crippen LogP contribution in [0.15, 0.2) is 0 Å². The molecule has 0 aliphatic carbocycles. The fraction of sp³-hybridized carbons (Fsp3) is 0.800. The highest BCUT2D eigenvalue weighted by Gasteiger charge is 2.24. The van der Waals surface area contributed by atoms with Crippen molar-refractivity contribution in [1.29, 1.82) is 0 Å². The molecule has 92 valence electrons. The number of nitrogens with zero attached hydrogens (tertiary/aromatic N) is 1. The Kier molecular flexibility index (Phi) is 4.54. The number of ether oxygens (including phenoxy) is 1.